The smallest absolute Gasteiger partial charge is 0.166 e. The van der Waals surface area contributed by atoms with Crippen LogP contribution in [0.25, 0.3) is 11.5 Å². The average molecular weight is 434 g/mol. The van der Waals surface area contributed by atoms with Crippen LogP contribution in [-0.2, 0) is 6.54 Å². The number of benzene rings is 1. The predicted octanol–water partition coefficient (Wildman–Crippen LogP) is 3.25. The quantitative estimate of drug-likeness (QED) is 0.614. The van der Waals surface area contributed by atoms with Crippen molar-refractivity contribution >= 4 is 18.2 Å². The highest BCUT2D eigenvalue weighted by atomic mass is 35.5. The van der Waals surface area contributed by atoms with E-state index in [1.807, 2.05) is 22.8 Å². The summed E-state index contributed by atoms with van der Waals surface area (Å²) >= 11 is 0. The topological polar surface area (TPSA) is 108 Å². The number of imidazole rings is 1. The third kappa shape index (κ3) is 4.44. The maximum Gasteiger partial charge on any atom is 0.166 e. The number of nitrogen functional groups attached to an aromatic ring is 1. The van der Waals surface area contributed by atoms with Gasteiger partial charge in [0, 0.05) is 12.3 Å². The summed E-state index contributed by atoms with van der Waals surface area (Å²) in [6, 6.07) is 5.86. The maximum absolute atomic E-state index is 9.77. The molecule has 4 rings (SSSR count). The molecule has 3 aliphatic rings. The van der Waals surface area contributed by atoms with Gasteiger partial charge in [0.05, 0.1) is 26.1 Å². The van der Waals surface area contributed by atoms with Crippen molar-refractivity contribution in [1.82, 2.24) is 19.5 Å². The van der Waals surface area contributed by atoms with Crippen LogP contribution in [0.4, 0.5) is 5.82 Å². The van der Waals surface area contributed by atoms with Crippen molar-refractivity contribution in [1.29, 1.82) is 0 Å². The van der Waals surface area contributed by atoms with Crippen LogP contribution in [0.2, 0.25) is 0 Å². The number of rotatable bonds is 6. The molecule has 0 radical (unpaired) electrons. The van der Waals surface area contributed by atoms with Gasteiger partial charge >= 0.3 is 0 Å². The van der Waals surface area contributed by atoms with E-state index in [1.165, 1.54) is 0 Å². The Kier molecular flexibility index (Phi) is 6.67. The third-order valence-corrected chi connectivity index (χ3v) is 5.26. The second-order valence-corrected chi connectivity index (χ2v) is 7.86. The minimum absolute atomic E-state index is 0. The predicted molar refractivity (Wildman–Crippen MR) is 117 cm³/mol. The highest BCUT2D eigenvalue weighted by Crippen LogP contribution is 2.33. The molecule has 2 heterocycles. The van der Waals surface area contributed by atoms with Gasteiger partial charge in [-0.1, -0.05) is 19.9 Å². The molecule has 1 aromatic carbocycles. The van der Waals surface area contributed by atoms with Gasteiger partial charge in [-0.15, -0.1) is 12.4 Å². The average Bonchev–Trinajstić information content (AvgIpc) is 3.32. The van der Waals surface area contributed by atoms with E-state index >= 15 is 0 Å². The number of hydrogen-bond donors (Lipinski definition) is 2. The molecule has 1 aromatic rings. The number of aliphatic hydroxyl groups is 1. The molecule has 162 valence electrons. The first-order chi connectivity index (χ1) is 13.9. The van der Waals surface area contributed by atoms with Gasteiger partial charge in [0.1, 0.15) is 11.9 Å². The molecule has 2 atom stereocenters. The highest BCUT2D eigenvalue weighted by Gasteiger charge is 2.25. The lowest BCUT2D eigenvalue weighted by molar-refractivity contribution is 0.147. The van der Waals surface area contributed by atoms with E-state index in [1.54, 1.807) is 13.4 Å². The fourth-order valence-electron chi connectivity index (χ4n) is 3.66. The number of hydrogen-bond acceptors (Lipinski definition) is 7. The highest BCUT2D eigenvalue weighted by molar-refractivity contribution is 5.85. The van der Waals surface area contributed by atoms with Crippen LogP contribution in [-0.4, -0.2) is 43.9 Å². The Morgan fingerprint density at radius 2 is 2.03 bits per heavy atom. The van der Waals surface area contributed by atoms with E-state index < -0.39 is 0 Å². The summed E-state index contributed by atoms with van der Waals surface area (Å²) in [6.07, 6.45) is 3.66. The monoisotopic (exact) mass is 433 g/mol. The molecule has 0 aromatic heterocycles. The Morgan fingerprint density at radius 1 is 1.23 bits per heavy atom. The molecule has 1 aliphatic carbocycles. The molecule has 30 heavy (non-hydrogen) atoms. The second kappa shape index (κ2) is 9.06. The zero-order valence-corrected chi connectivity index (χ0v) is 18.2. The summed E-state index contributed by atoms with van der Waals surface area (Å²) in [5.74, 6) is 3.43. The molecule has 0 saturated heterocycles. The van der Waals surface area contributed by atoms with Crippen molar-refractivity contribution in [2.24, 2.45) is 0 Å². The van der Waals surface area contributed by atoms with Crippen molar-refractivity contribution in [3.63, 3.8) is 0 Å². The number of nitrogens with zero attached hydrogens (tertiary/aromatic N) is 4. The molecule has 1 fully saturated rings. The third-order valence-electron chi connectivity index (χ3n) is 5.26. The normalized spacial score (nSPS) is 18.6. The first-order valence-corrected chi connectivity index (χ1v) is 9.94. The van der Waals surface area contributed by atoms with Crippen LogP contribution < -0.4 is 15.2 Å². The molecule has 8 nitrogen and oxygen atoms in total. The van der Waals surface area contributed by atoms with Gasteiger partial charge in [-0.3, -0.25) is 0 Å². The number of methoxy groups -OCH3 is 1. The molecule has 2 unspecified atom stereocenters. The first-order valence-electron chi connectivity index (χ1n) is 9.94. The largest absolute Gasteiger partial charge is 0.493 e. The Hall–Kier alpha value is -2.58. The van der Waals surface area contributed by atoms with Gasteiger partial charge in [-0.2, -0.15) is 0 Å². The fourth-order valence-corrected chi connectivity index (χ4v) is 3.66. The van der Waals surface area contributed by atoms with Crippen molar-refractivity contribution in [3.05, 3.63) is 35.9 Å². The van der Waals surface area contributed by atoms with Crippen LogP contribution in [0.1, 0.15) is 50.4 Å². The van der Waals surface area contributed by atoms with E-state index in [0.717, 1.165) is 30.1 Å². The van der Waals surface area contributed by atoms with Crippen molar-refractivity contribution in [2.45, 2.75) is 57.8 Å². The number of anilines is 1. The van der Waals surface area contributed by atoms with Crippen molar-refractivity contribution < 1.29 is 14.6 Å². The van der Waals surface area contributed by atoms with Crippen molar-refractivity contribution in [2.75, 3.05) is 12.8 Å². The molecular formula is C21H28ClN5O3. The van der Waals surface area contributed by atoms with Crippen molar-refractivity contribution in [3.8, 4) is 23.0 Å². The van der Waals surface area contributed by atoms with Crippen LogP contribution in [0.15, 0.2) is 24.5 Å². The summed E-state index contributed by atoms with van der Waals surface area (Å²) in [6.45, 7) is 4.65. The summed E-state index contributed by atoms with van der Waals surface area (Å²) in [7, 11) is 1.63. The fraction of sp³-hybridized carbons (Fsp3) is 0.476. The molecular weight excluding hydrogens is 406 g/mol. The van der Waals surface area contributed by atoms with Gasteiger partial charge in [0.15, 0.2) is 28.8 Å². The molecule has 0 bridgehead atoms. The van der Waals surface area contributed by atoms with Crippen LogP contribution in [0, 0.1) is 0 Å². The number of ether oxygens (including phenoxy) is 2. The Labute approximate surface area is 182 Å². The van der Waals surface area contributed by atoms with Crippen LogP contribution in [0.5, 0.6) is 11.5 Å². The summed E-state index contributed by atoms with van der Waals surface area (Å²) in [5.41, 5.74) is 7.66. The van der Waals surface area contributed by atoms with Gasteiger partial charge < -0.3 is 24.9 Å². The Balaban J connectivity index is 0.00000256. The number of fused-ring (bicyclic) bond motifs is 1. The zero-order chi connectivity index (χ0) is 20.5. The van der Waals surface area contributed by atoms with Gasteiger partial charge in [0.2, 0.25) is 0 Å². The lowest BCUT2D eigenvalue weighted by atomic mass is 10.2. The van der Waals surface area contributed by atoms with E-state index in [-0.39, 0.29) is 30.5 Å². The molecule has 2 aliphatic heterocycles. The first kappa shape index (κ1) is 22.1. The van der Waals surface area contributed by atoms with Gasteiger partial charge in [-0.25, -0.2) is 15.0 Å². The molecule has 0 amide bonds. The minimum Gasteiger partial charge on any atom is -0.493 e. The zero-order valence-electron chi connectivity index (χ0n) is 17.4. The van der Waals surface area contributed by atoms with E-state index in [0.29, 0.717) is 36.0 Å². The van der Waals surface area contributed by atoms with E-state index in [2.05, 4.69) is 28.8 Å². The van der Waals surface area contributed by atoms with E-state index in [9.17, 15) is 5.11 Å². The lowest BCUT2D eigenvalue weighted by Crippen LogP contribution is -2.14. The summed E-state index contributed by atoms with van der Waals surface area (Å²) in [4.78, 5) is 13.5. The number of halogens is 1. The van der Waals surface area contributed by atoms with Crippen LogP contribution in [0.3, 0.4) is 0 Å². The number of nitrogens with two attached hydrogens (primary N) is 1. The molecule has 1 saturated carbocycles. The molecule has 9 heteroatoms. The van der Waals surface area contributed by atoms with E-state index in [4.69, 9.17) is 15.2 Å². The Morgan fingerprint density at radius 3 is 2.70 bits per heavy atom. The number of aliphatic hydroxyl groups excluding tert-OH is 1. The molecule has 0 spiro atoms. The number of aromatic nitrogens is 4. The maximum atomic E-state index is 9.77. The molecule has 3 N–H and O–H groups in total. The SMILES string of the molecule is COc1ccc(Cn2cnc(N)c3nc(C(C)C)nc2-3)cc1OC1CCC(O)C1.Cl. The summed E-state index contributed by atoms with van der Waals surface area (Å²) < 4.78 is 13.5. The lowest BCUT2D eigenvalue weighted by Gasteiger charge is -2.18. The second-order valence-electron chi connectivity index (χ2n) is 7.86. The minimum atomic E-state index is -0.287. The standard InChI is InChI=1S/C21H27N5O3.ClH/c1-12(2)20-24-18-19(22)23-11-26(21(18)25-20)10-13-4-7-16(28-3)17(8-13)29-15-6-5-14(27)9-15;/h4,7-8,11-12,14-15,27H,5-6,9-10,22H2,1-3H3;1H. The summed E-state index contributed by atoms with van der Waals surface area (Å²) in [5, 5.41) is 9.77. The van der Waals surface area contributed by atoms with Crippen LogP contribution >= 0.6 is 12.4 Å². The Bertz CT molecular complexity index is 977. The van der Waals surface area contributed by atoms with Gasteiger partial charge in [0.25, 0.3) is 0 Å². The van der Waals surface area contributed by atoms with Gasteiger partial charge in [-0.05, 0) is 30.5 Å².